The highest BCUT2D eigenvalue weighted by Gasteiger charge is 2.07. The van der Waals surface area contributed by atoms with Crippen LogP contribution in [0.15, 0.2) is 30.3 Å². The lowest BCUT2D eigenvalue weighted by Gasteiger charge is -2.02. The Morgan fingerprint density at radius 3 is 2.67 bits per heavy atom. The minimum absolute atomic E-state index is 0. The molecule has 0 aliphatic rings. The quantitative estimate of drug-likeness (QED) is 0.715. The van der Waals surface area contributed by atoms with E-state index in [1.165, 1.54) is 6.07 Å². The van der Waals surface area contributed by atoms with Crippen LogP contribution in [0.3, 0.4) is 0 Å². The van der Waals surface area contributed by atoms with E-state index < -0.39 is 5.97 Å². The van der Waals surface area contributed by atoms with Crippen LogP contribution in [0.2, 0.25) is 0 Å². The van der Waals surface area contributed by atoms with Crippen LogP contribution >= 0.6 is 0 Å². The number of benzene rings is 1. The number of aromatic carboxylic acids is 1. The van der Waals surface area contributed by atoms with E-state index in [-0.39, 0.29) is 11.2 Å². The summed E-state index contributed by atoms with van der Waals surface area (Å²) < 4.78 is 0. The van der Waals surface area contributed by atoms with Gasteiger partial charge in [-0.25, -0.2) is 9.78 Å². The van der Waals surface area contributed by atoms with Gasteiger partial charge in [-0.05, 0) is 12.1 Å². The van der Waals surface area contributed by atoms with E-state index >= 15 is 0 Å². The Balaban J connectivity index is 0.00000112. The lowest BCUT2D eigenvalue weighted by molar-refractivity contribution is 0.0691. The molecule has 5 nitrogen and oxygen atoms in total. The maximum absolute atomic E-state index is 10.7. The molecule has 0 saturated carbocycles. The van der Waals surface area contributed by atoms with Crippen molar-refractivity contribution in [3.05, 3.63) is 36.0 Å². The Bertz CT molecular complexity index is 511. The summed E-state index contributed by atoms with van der Waals surface area (Å²) in [6, 6.07) is 8.54. The number of fused-ring (bicyclic) bond motifs is 1. The number of carbonyl (C=O) groups is 1. The number of carboxylic acid groups (broad SMARTS) is 1. The number of hydrogen-bond donors (Lipinski definition) is 2. The zero-order valence-corrected chi connectivity index (χ0v) is 7.77. The fourth-order valence-corrected chi connectivity index (χ4v) is 1.31. The Kier molecular flexibility index (Phi) is 2.87. The van der Waals surface area contributed by atoms with Crippen molar-refractivity contribution < 1.29 is 15.4 Å². The molecule has 0 amide bonds. The second kappa shape index (κ2) is 3.93. The molecule has 15 heavy (non-hydrogen) atoms. The minimum atomic E-state index is -1.07. The van der Waals surface area contributed by atoms with Gasteiger partial charge in [0.15, 0.2) is 5.69 Å². The highest BCUT2D eigenvalue weighted by Crippen LogP contribution is 2.19. The van der Waals surface area contributed by atoms with Crippen molar-refractivity contribution in [2.75, 3.05) is 5.73 Å². The Hall–Kier alpha value is -2.14. The normalized spacial score (nSPS) is 9.60. The van der Waals surface area contributed by atoms with E-state index in [2.05, 4.69) is 4.98 Å². The first kappa shape index (κ1) is 10.9. The minimum Gasteiger partial charge on any atom is -0.477 e. The molecule has 0 spiro atoms. The van der Waals surface area contributed by atoms with E-state index in [1.54, 1.807) is 12.1 Å². The average molecular weight is 206 g/mol. The molecule has 0 aliphatic heterocycles. The Morgan fingerprint density at radius 2 is 2.00 bits per heavy atom. The Morgan fingerprint density at radius 1 is 1.33 bits per heavy atom. The summed E-state index contributed by atoms with van der Waals surface area (Å²) in [5, 5.41) is 9.53. The topological polar surface area (TPSA) is 108 Å². The largest absolute Gasteiger partial charge is 0.477 e. The van der Waals surface area contributed by atoms with Gasteiger partial charge in [0.05, 0.1) is 5.52 Å². The highest BCUT2D eigenvalue weighted by atomic mass is 16.4. The number of aromatic nitrogens is 1. The molecule has 0 unspecified atom stereocenters. The second-order valence-electron chi connectivity index (χ2n) is 2.92. The summed E-state index contributed by atoms with van der Waals surface area (Å²) in [4.78, 5) is 14.6. The summed E-state index contributed by atoms with van der Waals surface area (Å²) in [5.41, 5.74) is 6.70. The predicted octanol–water partition coefficient (Wildman–Crippen LogP) is 0.691. The summed E-state index contributed by atoms with van der Waals surface area (Å²) in [6.07, 6.45) is 0. The van der Waals surface area contributed by atoms with Crippen LogP contribution < -0.4 is 5.73 Å². The molecule has 2 aromatic rings. The van der Waals surface area contributed by atoms with E-state index in [0.29, 0.717) is 11.2 Å². The maximum atomic E-state index is 10.7. The lowest BCUT2D eigenvalue weighted by atomic mass is 10.1. The summed E-state index contributed by atoms with van der Waals surface area (Å²) >= 11 is 0. The first-order chi connectivity index (χ1) is 6.68. The number of nitrogens with zero attached hydrogens (tertiary/aromatic N) is 1. The van der Waals surface area contributed by atoms with Crippen molar-refractivity contribution >= 4 is 22.6 Å². The first-order valence-electron chi connectivity index (χ1n) is 4.07. The number of hydrogen-bond acceptors (Lipinski definition) is 3. The zero-order chi connectivity index (χ0) is 10.1. The molecular weight excluding hydrogens is 196 g/mol. The van der Waals surface area contributed by atoms with Crippen LogP contribution in [0.5, 0.6) is 0 Å². The van der Waals surface area contributed by atoms with Gasteiger partial charge in [0, 0.05) is 11.1 Å². The van der Waals surface area contributed by atoms with Crippen molar-refractivity contribution in [1.82, 2.24) is 4.98 Å². The van der Waals surface area contributed by atoms with Crippen molar-refractivity contribution in [3.63, 3.8) is 0 Å². The molecular formula is C10H10N2O3. The fraction of sp³-hybridized carbons (Fsp3) is 0. The number of nitrogen functional groups attached to an aromatic ring is 1. The van der Waals surface area contributed by atoms with Crippen molar-refractivity contribution in [2.24, 2.45) is 0 Å². The van der Waals surface area contributed by atoms with E-state index in [9.17, 15) is 4.79 Å². The zero-order valence-electron chi connectivity index (χ0n) is 7.77. The van der Waals surface area contributed by atoms with Crippen LogP contribution in [0.4, 0.5) is 5.69 Å². The van der Waals surface area contributed by atoms with Gasteiger partial charge in [-0.3, -0.25) is 0 Å². The third kappa shape index (κ3) is 1.87. The molecule has 0 aliphatic carbocycles. The van der Waals surface area contributed by atoms with E-state index in [4.69, 9.17) is 10.8 Å². The smallest absolute Gasteiger partial charge is 0.354 e. The standard InChI is InChI=1S/C10H8N2O2.H2O/c11-7-5-9(10(13)14)12-8-4-2-1-3-6(7)8;/h1-5H,(H2,11,12)(H,13,14);1H2. The molecule has 78 valence electrons. The molecule has 0 saturated heterocycles. The highest BCUT2D eigenvalue weighted by molar-refractivity contribution is 5.96. The molecule has 5 heteroatoms. The van der Waals surface area contributed by atoms with Crippen LogP contribution in [0, 0.1) is 0 Å². The maximum Gasteiger partial charge on any atom is 0.354 e. The van der Waals surface area contributed by atoms with Gasteiger partial charge in [-0.1, -0.05) is 18.2 Å². The van der Waals surface area contributed by atoms with E-state index in [1.807, 2.05) is 12.1 Å². The van der Waals surface area contributed by atoms with Gasteiger partial charge in [0.1, 0.15) is 0 Å². The number of rotatable bonds is 1. The number of anilines is 1. The molecule has 5 N–H and O–H groups in total. The van der Waals surface area contributed by atoms with Crippen LogP contribution in [-0.2, 0) is 0 Å². The number of nitrogens with two attached hydrogens (primary N) is 1. The molecule has 2 rings (SSSR count). The predicted molar refractivity (Wildman–Crippen MR) is 56.7 cm³/mol. The molecule has 1 aromatic carbocycles. The van der Waals surface area contributed by atoms with Crippen LogP contribution in [0.25, 0.3) is 10.9 Å². The molecule has 1 aromatic heterocycles. The summed E-state index contributed by atoms with van der Waals surface area (Å²) in [5.74, 6) is -1.07. The first-order valence-corrected chi connectivity index (χ1v) is 4.07. The van der Waals surface area contributed by atoms with Crippen molar-refractivity contribution in [2.45, 2.75) is 0 Å². The number of para-hydroxylation sites is 1. The molecule has 0 radical (unpaired) electrons. The van der Waals surface area contributed by atoms with Crippen LogP contribution in [-0.4, -0.2) is 21.5 Å². The monoisotopic (exact) mass is 206 g/mol. The van der Waals surface area contributed by atoms with Gasteiger partial charge in [-0.2, -0.15) is 0 Å². The summed E-state index contributed by atoms with van der Waals surface area (Å²) in [7, 11) is 0. The fourth-order valence-electron chi connectivity index (χ4n) is 1.31. The number of pyridine rings is 1. The van der Waals surface area contributed by atoms with Gasteiger partial charge in [0.25, 0.3) is 0 Å². The summed E-state index contributed by atoms with van der Waals surface area (Å²) in [6.45, 7) is 0. The van der Waals surface area contributed by atoms with Gasteiger partial charge in [-0.15, -0.1) is 0 Å². The van der Waals surface area contributed by atoms with Crippen LogP contribution in [0.1, 0.15) is 10.5 Å². The van der Waals surface area contributed by atoms with Gasteiger partial charge >= 0.3 is 5.97 Å². The third-order valence-electron chi connectivity index (χ3n) is 1.97. The third-order valence-corrected chi connectivity index (χ3v) is 1.97. The van der Waals surface area contributed by atoms with Crippen molar-refractivity contribution in [1.29, 1.82) is 0 Å². The number of carboxylic acids is 1. The van der Waals surface area contributed by atoms with Crippen molar-refractivity contribution in [3.8, 4) is 0 Å². The molecule has 1 heterocycles. The van der Waals surface area contributed by atoms with Gasteiger partial charge < -0.3 is 16.3 Å². The Labute approximate surface area is 85.5 Å². The van der Waals surface area contributed by atoms with E-state index in [0.717, 1.165) is 5.39 Å². The average Bonchev–Trinajstić information content (AvgIpc) is 2.17. The second-order valence-corrected chi connectivity index (χ2v) is 2.92. The van der Waals surface area contributed by atoms with Gasteiger partial charge in [0.2, 0.25) is 0 Å². The molecule has 0 fully saturated rings. The lowest BCUT2D eigenvalue weighted by Crippen LogP contribution is -2.02. The molecule has 0 atom stereocenters. The molecule has 0 bridgehead atoms. The SMILES string of the molecule is Nc1cc(C(=O)O)nc2ccccc12.O.